The first kappa shape index (κ1) is 16.3. The highest BCUT2D eigenvalue weighted by Crippen LogP contribution is 2.31. The van der Waals surface area contributed by atoms with E-state index in [1.807, 2.05) is 47.4 Å². The van der Waals surface area contributed by atoms with Crippen molar-refractivity contribution < 1.29 is 9.53 Å². The van der Waals surface area contributed by atoms with Crippen LogP contribution in [-0.2, 0) is 13.0 Å². The van der Waals surface area contributed by atoms with Gasteiger partial charge in [0.1, 0.15) is 18.4 Å². The lowest BCUT2D eigenvalue weighted by Gasteiger charge is -2.30. The lowest BCUT2D eigenvalue weighted by molar-refractivity contribution is 0.0985. The van der Waals surface area contributed by atoms with Crippen molar-refractivity contribution >= 4 is 11.6 Å². The van der Waals surface area contributed by atoms with Crippen LogP contribution in [-0.4, -0.2) is 34.3 Å². The van der Waals surface area contributed by atoms with Crippen LogP contribution in [0.25, 0.3) is 0 Å². The molecule has 0 saturated carbocycles. The third kappa shape index (κ3) is 3.18. The molecular weight excluding hydrogens is 328 g/mol. The number of carbonyl (C=O) groups excluding carboxylic acids is 1. The molecule has 2 aromatic carbocycles. The average molecular weight is 348 g/mol. The second-order valence-corrected chi connectivity index (χ2v) is 6.34. The van der Waals surface area contributed by atoms with Crippen molar-refractivity contribution in [1.29, 1.82) is 0 Å². The van der Waals surface area contributed by atoms with Gasteiger partial charge in [0.15, 0.2) is 0 Å². The molecule has 3 aromatic rings. The van der Waals surface area contributed by atoms with Gasteiger partial charge in [-0.2, -0.15) is 5.10 Å². The smallest absolute Gasteiger partial charge is 0.258 e. The molecule has 132 valence electrons. The van der Waals surface area contributed by atoms with Gasteiger partial charge in [0.25, 0.3) is 5.91 Å². The van der Waals surface area contributed by atoms with Crippen LogP contribution in [0, 0.1) is 0 Å². The molecule has 0 fully saturated rings. The number of fused-ring (bicyclic) bond motifs is 1. The number of benzene rings is 2. The first-order chi connectivity index (χ1) is 12.7. The molecule has 0 spiro atoms. The Morgan fingerprint density at radius 3 is 2.77 bits per heavy atom. The Bertz CT molecular complexity index is 904. The van der Waals surface area contributed by atoms with Gasteiger partial charge in [0.2, 0.25) is 0 Å². The van der Waals surface area contributed by atoms with Gasteiger partial charge in [0.05, 0.1) is 13.7 Å². The SMILES string of the molecule is COc1ccc2c(c1)CCCN2C(=O)c1ccc(Cn2cncn2)cc1. The molecule has 0 bridgehead atoms. The van der Waals surface area contributed by atoms with E-state index in [1.54, 1.807) is 18.1 Å². The first-order valence-corrected chi connectivity index (χ1v) is 8.65. The standard InChI is InChI=1S/C20H20N4O2/c1-26-18-8-9-19-17(11-18)3-2-10-24(19)20(25)16-6-4-15(5-7-16)12-23-14-21-13-22-23/h4-9,11,13-14H,2-3,10,12H2,1H3. The number of aryl methyl sites for hydroxylation is 1. The molecule has 0 N–H and O–H groups in total. The maximum Gasteiger partial charge on any atom is 0.258 e. The van der Waals surface area contributed by atoms with E-state index in [-0.39, 0.29) is 5.91 Å². The number of anilines is 1. The second kappa shape index (κ2) is 7.00. The zero-order valence-corrected chi connectivity index (χ0v) is 14.6. The number of rotatable bonds is 4. The number of nitrogens with zero attached hydrogens (tertiary/aromatic N) is 4. The lowest BCUT2D eigenvalue weighted by atomic mass is 10.00. The fourth-order valence-corrected chi connectivity index (χ4v) is 3.32. The fourth-order valence-electron chi connectivity index (χ4n) is 3.32. The number of carbonyl (C=O) groups is 1. The Morgan fingerprint density at radius 1 is 1.19 bits per heavy atom. The van der Waals surface area contributed by atoms with Crippen molar-refractivity contribution in [1.82, 2.24) is 14.8 Å². The van der Waals surface area contributed by atoms with Crippen LogP contribution in [0.4, 0.5) is 5.69 Å². The molecule has 6 nitrogen and oxygen atoms in total. The minimum Gasteiger partial charge on any atom is -0.497 e. The van der Waals surface area contributed by atoms with Crippen LogP contribution in [0.5, 0.6) is 5.75 Å². The van der Waals surface area contributed by atoms with Crippen molar-refractivity contribution in [3.8, 4) is 5.75 Å². The number of hydrogen-bond donors (Lipinski definition) is 0. The largest absolute Gasteiger partial charge is 0.497 e. The molecule has 2 heterocycles. The molecule has 26 heavy (non-hydrogen) atoms. The summed E-state index contributed by atoms with van der Waals surface area (Å²) in [6.45, 7) is 1.37. The molecule has 4 rings (SSSR count). The number of ether oxygens (including phenoxy) is 1. The lowest BCUT2D eigenvalue weighted by Crippen LogP contribution is -2.35. The van der Waals surface area contributed by atoms with Crippen molar-refractivity contribution in [3.63, 3.8) is 0 Å². The number of hydrogen-bond acceptors (Lipinski definition) is 4. The number of amides is 1. The molecule has 0 radical (unpaired) electrons. The number of methoxy groups -OCH3 is 1. The maximum absolute atomic E-state index is 13.0. The van der Waals surface area contributed by atoms with E-state index in [2.05, 4.69) is 10.1 Å². The van der Waals surface area contributed by atoms with Crippen molar-refractivity contribution in [2.75, 3.05) is 18.6 Å². The molecule has 1 aromatic heterocycles. The number of aromatic nitrogens is 3. The van der Waals surface area contributed by atoms with E-state index in [0.717, 1.165) is 42.0 Å². The zero-order valence-electron chi connectivity index (χ0n) is 14.6. The maximum atomic E-state index is 13.0. The summed E-state index contributed by atoms with van der Waals surface area (Å²) in [4.78, 5) is 18.8. The molecule has 0 atom stereocenters. The molecule has 0 aliphatic carbocycles. The van der Waals surface area contributed by atoms with E-state index in [1.165, 1.54) is 6.33 Å². The zero-order chi connectivity index (χ0) is 17.9. The van der Waals surface area contributed by atoms with Crippen LogP contribution in [0.2, 0.25) is 0 Å². The average Bonchev–Trinajstić information content (AvgIpc) is 3.20. The third-order valence-electron chi connectivity index (χ3n) is 4.66. The summed E-state index contributed by atoms with van der Waals surface area (Å²) in [6, 6.07) is 13.6. The highest BCUT2D eigenvalue weighted by atomic mass is 16.5. The van der Waals surface area contributed by atoms with Gasteiger partial charge in [-0.1, -0.05) is 12.1 Å². The molecule has 1 amide bonds. The highest BCUT2D eigenvalue weighted by molar-refractivity contribution is 6.06. The molecular formula is C20H20N4O2. The van der Waals surface area contributed by atoms with Gasteiger partial charge in [-0.25, -0.2) is 9.67 Å². The Kier molecular flexibility index (Phi) is 4.39. The Hall–Kier alpha value is -3.15. The summed E-state index contributed by atoms with van der Waals surface area (Å²) < 4.78 is 7.06. The Balaban J connectivity index is 1.55. The van der Waals surface area contributed by atoms with Crippen LogP contribution < -0.4 is 9.64 Å². The summed E-state index contributed by atoms with van der Waals surface area (Å²) in [7, 11) is 1.66. The van der Waals surface area contributed by atoms with Crippen LogP contribution >= 0.6 is 0 Å². The summed E-state index contributed by atoms with van der Waals surface area (Å²) >= 11 is 0. The second-order valence-electron chi connectivity index (χ2n) is 6.34. The van der Waals surface area contributed by atoms with Gasteiger partial charge >= 0.3 is 0 Å². The van der Waals surface area contributed by atoms with E-state index in [9.17, 15) is 4.79 Å². The Morgan fingerprint density at radius 2 is 2.04 bits per heavy atom. The van der Waals surface area contributed by atoms with Crippen LogP contribution in [0.1, 0.15) is 27.9 Å². The van der Waals surface area contributed by atoms with Crippen molar-refractivity contribution in [3.05, 3.63) is 71.8 Å². The van der Waals surface area contributed by atoms with E-state index >= 15 is 0 Å². The highest BCUT2D eigenvalue weighted by Gasteiger charge is 2.23. The summed E-state index contributed by atoms with van der Waals surface area (Å²) in [5.74, 6) is 0.860. The van der Waals surface area contributed by atoms with Crippen molar-refractivity contribution in [2.24, 2.45) is 0 Å². The van der Waals surface area contributed by atoms with Gasteiger partial charge in [-0.15, -0.1) is 0 Å². The third-order valence-corrected chi connectivity index (χ3v) is 4.66. The van der Waals surface area contributed by atoms with E-state index < -0.39 is 0 Å². The Labute approximate surface area is 152 Å². The normalized spacial score (nSPS) is 13.3. The van der Waals surface area contributed by atoms with Crippen LogP contribution in [0.3, 0.4) is 0 Å². The van der Waals surface area contributed by atoms with Crippen LogP contribution in [0.15, 0.2) is 55.1 Å². The topological polar surface area (TPSA) is 60.2 Å². The predicted octanol–water partition coefficient (Wildman–Crippen LogP) is 2.93. The first-order valence-electron chi connectivity index (χ1n) is 8.65. The summed E-state index contributed by atoms with van der Waals surface area (Å²) in [5, 5.41) is 4.10. The molecule has 1 aliphatic rings. The molecule has 6 heteroatoms. The fraction of sp³-hybridized carbons (Fsp3) is 0.250. The quantitative estimate of drug-likeness (QED) is 0.727. The minimum absolute atomic E-state index is 0.0309. The molecule has 0 saturated heterocycles. The minimum atomic E-state index is 0.0309. The predicted molar refractivity (Wildman–Crippen MR) is 98.6 cm³/mol. The van der Waals surface area contributed by atoms with E-state index in [4.69, 9.17) is 4.74 Å². The molecule has 1 aliphatic heterocycles. The van der Waals surface area contributed by atoms with Gasteiger partial charge in [0, 0.05) is 17.8 Å². The summed E-state index contributed by atoms with van der Waals surface area (Å²) in [5.41, 5.74) is 3.91. The van der Waals surface area contributed by atoms with Crippen molar-refractivity contribution in [2.45, 2.75) is 19.4 Å². The van der Waals surface area contributed by atoms with Gasteiger partial charge in [-0.3, -0.25) is 4.79 Å². The monoisotopic (exact) mass is 348 g/mol. The summed E-state index contributed by atoms with van der Waals surface area (Å²) in [6.07, 6.45) is 5.11. The van der Waals surface area contributed by atoms with E-state index in [0.29, 0.717) is 12.1 Å². The van der Waals surface area contributed by atoms with Gasteiger partial charge in [-0.05, 0) is 54.3 Å². The van der Waals surface area contributed by atoms with Gasteiger partial charge < -0.3 is 9.64 Å². The molecule has 0 unspecified atom stereocenters.